The zero-order valence-corrected chi connectivity index (χ0v) is 10.1. The molecule has 1 fully saturated rings. The molecule has 1 amide bonds. The van der Waals surface area contributed by atoms with Crippen LogP contribution in [-0.4, -0.2) is 40.4 Å². The van der Waals surface area contributed by atoms with Gasteiger partial charge in [0.25, 0.3) is 5.91 Å². The van der Waals surface area contributed by atoms with Gasteiger partial charge in [0, 0.05) is 19.6 Å². The van der Waals surface area contributed by atoms with Crippen LogP contribution in [0.5, 0.6) is 0 Å². The number of hydrogen-bond acceptors (Lipinski definition) is 4. The number of nitrogens with one attached hydrogen (secondary N) is 1. The van der Waals surface area contributed by atoms with E-state index in [-0.39, 0.29) is 5.91 Å². The zero-order valence-electron chi connectivity index (χ0n) is 10.1. The van der Waals surface area contributed by atoms with E-state index in [1.807, 2.05) is 11.8 Å². The molecule has 5 nitrogen and oxygen atoms in total. The third-order valence-electron chi connectivity index (χ3n) is 2.87. The molecule has 2 rings (SSSR count). The maximum atomic E-state index is 12.1. The van der Waals surface area contributed by atoms with E-state index in [9.17, 15) is 4.79 Å². The fraction of sp³-hybridized carbons (Fsp3) is 0.583. The Balaban J connectivity index is 2.03. The number of carbonyl (C=O) groups is 1. The molecule has 1 aliphatic rings. The number of nitrogens with zero attached hydrogens (tertiary/aromatic N) is 3. The van der Waals surface area contributed by atoms with Crippen molar-refractivity contribution in [3.63, 3.8) is 0 Å². The summed E-state index contributed by atoms with van der Waals surface area (Å²) in [6.45, 7) is 4.48. The molecule has 17 heavy (non-hydrogen) atoms. The van der Waals surface area contributed by atoms with Crippen LogP contribution in [0.2, 0.25) is 0 Å². The third kappa shape index (κ3) is 2.93. The summed E-state index contributed by atoms with van der Waals surface area (Å²) in [6, 6.07) is 0. The molecular weight excluding hydrogens is 216 g/mol. The molecule has 92 valence electrons. The third-order valence-corrected chi connectivity index (χ3v) is 2.87. The van der Waals surface area contributed by atoms with Crippen molar-refractivity contribution in [1.29, 1.82) is 0 Å². The average molecular weight is 234 g/mol. The van der Waals surface area contributed by atoms with E-state index in [1.54, 1.807) is 12.4 Å². The van der Waals surface area contributed by atoms with Gasteiger partial charge in [-0.3, -0.25) is 4.79 Å². The number of carbonyl (C=O) groups excluding carboxylic acids is 1. The van der Waals surface area contributed by atoms with Gasteiger partial charge in [0.1, 0.15) is 11.5 Å². The normalized spacial score (nSPS) is 15.7. The minimum atomic E-state index is 0.000230. The summed E-state index contributed by atoms with van der Waals surface area (Å²) in [4.78, 5) is 22.3. The van der Waals surface area contributed by atoms with Crippen molar-refractivity contribution in [3.05, 3.63) is 18.1 Å². The van der Waals surface area contributed by atoms with Crippen molar-refractivity contribution in [2.24, 2.45) is 0 Å². The number of aromatic nitrogens is 2. The van der Waals surface area contributed by atoms with Crippen molar-refractivity contribution in [2.45, 2.75) is 26.2 Å². The van der Waals surface area contributed by atoms with E-state index < -0.39 is 0 Å². The summed E-state index contributed by atoms with van der Waals surface area (Å²) in [7, 11) is 0. The van der Waals surface area contributed by atoms with E-state index >= 15 is 0 Å². The largest absolute Gasteiger partial charge is 0.369 e. The van der Waals surface area contributed by atoms with Crippen molar-refractivity contribution >= 4 is 11.7 Å². The molecule has 5 heteroatoms. The first kappa shape index (κ1) is 11.8. The first-order valence-electron chi connectivity index (χ1n) is 6.16. The van der Waals surface area contributed by atoms with E-state index in [2.05, 4.69) is 15.3 Å². The summed E-state index contributed by atoms with van der Waals surface area (Å²) in [5, 5.41) is 3.05. The van der Waals surface area contributed by atoms with Crippen molar-refractivity contribution in [1.82, 2.24) is 14.9 Å². The summed E-state index contributed by atoms with van der Waals surface area (Å²) >= 11 is 0. The average Bonchev–Trinajstić information content (AvgIpc) is 2.40. The van der Waals surface area contributed by atoms with Gasteiger partial charge < -0.3 is 10.2 Å². The van der Waals surface area contributed by atoms with E-state index in [4.69, 9.17) is 0 Å². The van der Waals surface area contributed by atoms with Gasteiger partial charge in [-0.15, -0.1) is 0 Å². The lowest BCUT2D eigenvalue weighted by Gasteiger charge is -2.26. The van der Waals surface area contributed by atoms with Gasteiger partial charge in [0.15, 0.2) is 0 Å². The summed E-state index contributed by atoms with van der Waals surface area (Å²) in [5.74, 6) is 0.711. The van der Waals surface area contributed by atoms with Gasteiger partial charge in [0.2, 0.25) is 0 Å². The lowest BCUT2D eigenvalue weighted by atomic mass is 10.1. The predicted molar refractivity (Wildman–Crippen MR) is 66.0 cm³/mol. The molecule has 2 heterocycles. The first-order valence-corrected chi connectivity index (χ1v) is 6.16. The number of anilines is 1. The van der Waals surface area contributed by atoms with E-state index in [1.165, 1.54) is 6.42 Å². The van der Waals surface area contributed by atoms with Gasteiger partial charge in [0.05, 0.1) is 12.4 Å². The fourth-order valence-corrected chi connectivity index (χ4v) is 1.97. The van der Waals surface area contributed by atoms with Crippen LogP contribution in [0.15, 0.2) is 12.4 Å². The number of amides is 1. The number of likely N-dealkylation sites (tertiary alicyclic amines) is 1. The van der Waals surface area contributed by atoms with Gasteiger partial charge in [-0.1, -0.05) is 0 Å². The number of rotatable bonds is 3. The quantitative estimate of drug-likeness (QED) is 0.861. The molecule has 0 atom stereocenters. The highest BCUT2D eigenvalue weighted by molar-refractivity contribution is 5.92. The Morgan fingerprint density at radius 2 is 2.06 bits per heavy atom. The topological polar surface area (TPSA) is 58.1 Å². The maximum Gasteiger partial charge on any atom is 0.274 e. The summed E-state index contributed by atoms with van der Waals surface area (Å²) in [6.07, 6.45) is 6.56. The standard InChI is InChI=1S/C12H18N4O/c1-2-13-11-9-14-10(8-15-11)12(17)16-6-4-3-5-7-16/h8-9H,2-7H2,1H3,(H,13,15). The van der Waals surface area contributed by atoms with Crippen LogP contribution in [0.1, 0.15) is 36.7 Å². The Hall–Kier alpha value is -1.65. The molecule has 1 aliphatic heterocycles. The van der Waals surface area contributed by atoms with Gasteiger partial charge in [-0.05, 0) is 26.2 Å². The molecule has 1 aromatic heterocycles. The second-order valence-electron chi connectivity index (χ2n) is 4.17. The molecule has 0 aromatic carbocycles. The molecule has 0 unspecified atom stereocenters. The van der Waals surface area contributed by atoms with Crippen LogP contribution in [-0.2, 0) is 0 Å². The predicted octanol–water partition coefficient (Wildman–Crippen LogP) is 1.53. The highest BCUT2D eigenvalue weighted by Crippen LogP contribution is 2.12. The number of piperidine rings is 1. The minimum absolute atomic E-state index is 0.000230. The van der Waals surface area contributed by atoms with Crippen LogP contribution in [0.4, 0.5) is 5.82 Å². The Labute approximate surface area is 101 Å². The molecule has 0 saturated carbocycles. The molecule has 1 aromatic rings. The monoisotopic (exact) mass is 234 g/mol. The first-order chi connectivity index (χ1) is 8.31. The molecule has 0 aliphatic carbocycles. The smallest absolute Gasteiger partial charge is 0.274 e. The van der Waals surface area contributed by atoms with Crippen LogP contribution < -0.4 is 5.32 Å². The molecular formula is C12H18N4O. The molecule has 1 saturated heterocycles. The molecule has 1 N–H and O–H groups in total. The van der Waals surface area contributed by atoms with Gasteiger partial charge in [-0.25, -0.2) is 9.97 Å². The van der Waals surface area contributed by atoms with Crippen molar-refractivity contribution in [2.75, 3.05) is 25.0 Å². The highest BCUT2D eigenvalue weighted by Gasteiger charge is 2.19. The summed E-state index contributed by atoms with van der Waals surface area (Å²) in [5.41, 5.74) is 0.438. The SMILES string of the molecule is CCNc1cnc(C(=O)N2CCCCC2)cn1. The van der Waals surface area contributed by atoms with E-state index in [0.717, 1.165) is 32.5 Å². The Morgan fingerprint density at radius 3 is 2.65 bits per heavy atom. The molecule has 0 radical (unpaired) electrons. The zero-order chi connectivity index (χ0) is 12.1. The van der Waals surface area contributed by atoms with Crippen LogP contribution >= 0.6 is 0 Å². The second kappa shape index (κ2) is 5.61. The number of hydrogen-bond donors (Lipinski definition) is 1. The fourth-order valence-electron chi connectivity index (χ4n) is 1.97. The summed E-state index contributed by atoms with van der Waals surface area (Å²) < 4.78 is 0. The van der Waals surface area contributed by atoms with Crippen molar-refractivity contribution in [3.8, 4) is 0 Å². The Bertz CT molecular complexity index is 371. The van der Waals surface area contributed by atoms with Crippen LogP contribution in [0.3, 0.4) is 0 Å². The second-order valence-corrected chi connectivity index (χ2v) is 4.17. The highest BCUT2D eigenvalue weighted by atomic mass is 16.2. The van der Waals surface area contributed by atoms with E-state index in [0.29, 0.717) is 11.5 Å². The Kier molecular flexibility index (Phi) is 3.90. The maximum absolute atomic E-state index is 12.1. The van der Waals surface area contributed by atoms with Gasteiger partial charge >= 0.3 is 0 Å². The lowest BCUT2D eigenvalue weighted by Crippen LogP contribution is -2.36. The Morgan fingerprint density at radius 1 is 1.29 bits per heavy atom. The van der Waals surface area contributed by atoms with Gasteiger partial charge in [-0.2, -0.15) is 0 Å². The minimum Gasteiger partial charge on any atom is -0.369 e. The molecule has 0 spiro atoms. The van der Waals surface area contributed by atoms with Crippen LogP contribution in [0.25, 0.3) is 0 Å². The van der Waals surface area contributed by atoms with Crippen LogP contribution in [0, 0.1) is 0 Å². The molecule has 0 bridgehead atoms. The lowest BCUT2D eigenvalue weighted by molar-refractivity contribution is 0.0718. The van der Waals surface area contributed by atoms with Crippen molar-refractivity contribution < 1.29 is 4.79 Å².